The second-order valence-electron chi connectivity index (χ2n) is 12.6. The van der Waals surface area contributed by atoms with Crippen molar-refractivity contribution in [2.75, 3.05) is 27.4 Å². The Morgan fingerprint density at radius 1 is 0.878 bits per heavy atom. The molecular formula is C32H42O17. The molecule has 49 heavy (non-hydrogen) atoms. The number of hydrogen-bond acceptors (Lipinski definition) is 17. The average molecular weight is 699 g/mol. The maximum atomic E-state index is 12.7. The lowest BCUT2D eigenvalue weighted by Gasteiger charge is -2.44. The number of hydrogen-bond donors (Lipinski definition) is 7. The summed E-state index contributed by atoms with van der Waals surface area (Å²) in [5.74, 6) is -1.13. The first-order valence-corrected chi connectivity index (χ1v) is 15.8. The van der Waals surface area contributed by atoms with Crippen LogP contribution < -0.4 is 9.47 Å². The van der Waals surface area contributed by atoms with Gasteiger partial charge in [0.15, 0.2) is 30.2 Å². The summed E-state index contributed by atoms with van der Waals surface area (Å²) in [4.78, 5) is 12.7. The lowest BCUT2D eigenvalue weighted by atomic mass is 9.85. The summed E-state index contributed by atoms with van der Waals surface area (Å²) < 4.78 is 50.9. The minimum atomic E-state index is -1.70. The van der Waals surface area contributed by atoms with Gasteiger partial charge in [0.2, 0.25) is 6.29 Å². The van der Waals surface area contributed by atoms with Crippen LogP contribution in [-0.2, 0) is 38.0 Å². The molecule has 0 unspecified atom stereocenters. The summed E-state index contributed by atoms with van der Waals surface area (Å²) >= 11 is 0. The largest absolute Gasteiger partial charge is 0.493 e. The van der Waals surface area contributed by atoms with Crippen LogP contribution in [0.1, 0.15) is 12.5 Å². The first-order valence-electron chi connectivity index (χ1n) is 15.8. The molecule has 0 aromatic heterocycles. The second-order valence-corrected chi connectivity index (χ2v) is 12.6. The SMILES string of the molecule is COc1ccc(/C=C\C(=O)O[C@@H]2[C@@H](O)[C@@H](O)[C@H](O[C@H]3[C@@H]4C=CO[C@@H](O[C@@H]5O[C@H](CO)[C@@H](O)[C@H](O)[C@H]5O)[C@@H]4[C@@]4(CO)O[C@@H]34)O[C@H]2C)cc1OC. The fourth-order valence-corrected chi connectivity index (χ4v) is 7.04. The highest BCUT2D eigenvalue weighted by Crippen LogP contribution is 2.61. The minimum Gasteiger partial charge on any atom is -0.493 e. The van der Waals surface area contributed by atoms with E-state index in [9.17, 15) is 40.5 Å². The molecule has 272 valence electrons. The van der Waals surface area contributed by atoms with E-state index >= 15 is 0 Å². The third-order valence-corrected chi connectivity index (χ3v) is 9.74. The third-order valence-electron chi connectivity index (χ3n) is 9.74. The van der Waals surface area contributed by atoms with Crippen molar-refractivity contribution in [2.45, 2.75) is 92.4 Å². The second kappa shape index (κ2) is 14.4. The molecule has 1 aromatic rings. The third kappa shape index (κ3) is 6.55. The Bertz CT molecular complexity index is 1390. The first kappa shape index (κ1) is 35.9. The van der Waals surface area contributed by atoms with Gasteiger partial charge in [0.25, 0.3) is 0 Å². The highest BCUT2D eigenvalue weighted by atomic mass is 16.8. The van der Waals surface area contributed by atoms with Gasteiger partial charge < -0.3 is 78.4 Å². The zero-order valence-electron chi connectivity index (χ0n) is 26.8. The maximum Gasteiger partial charge on any atom is 0.331 e. The van der Waals surface area contributed by atoms with Crippen LogP contribution in [0.15, 0.2) is 36.6 Å². The number of aliphatic hydroxyl groups excluding tert-OH is 7. The number of ether oxygens (including phenoxy) is 9. The zero-order valence-corrected chi connectivity index (χ0v) is 26.8. The van der Waals surface area contributed by atoms with Crippen LogP contribution in [0.4, 0.5) is 0 Å². The Balaban J connectivity index is 1.10. The van der Waals surface area contributed by atoms with Crippen molar-refractivity contribution in [3.63, 3.8) is 0 Å². The van der Waals surface area contributed by atoms with Crippen molar-refractivity contribution in [2.24, 2.45) is 11.8 Å². The molecule has 7 N–H and O–H groups in total. The van der Waals surface area contributed by atoms with Crippen molar-refractivity contribution in [1.82, 2.24) is 0 Å². The molecule has 6 rings (SSSR count). The molecular weight excluding hydrogens is 656 g/mol. The van der Waals surface area contributed by atoms with Crippen molar-refractivity contribution in [3.8, 4) is 11.5 Å². The van der Waals surface area contributed by atoms with Gasteiger partial charge in [-0.3, -0.25) is 0 Å². The Hall–Kier alpha value is -2.91. The normalized spacial score (nSPS) is 44.2. The molecule has 4 aliphatic heterocycles. The highest BCUT2D eigenvalue weighted by Gasteiger charge is 2.77. The smallest absolute Gasteiger partial charge is 0.331 e. The van der Waals surface area contributed by atoms with E-state index in [0.29, 0.717) is 17.1 Å². The van der Waals surface area contributed by atoms with Gasteiger partial charge in [-0.1, -0.05) is 6.07 Å². The molecule has 1 aliphatic carbocycles. The van der Waals surface area contributed by atoms with Crippen LogP contribution in [-0.4, -0.2) is 155 Å². The quantitative estimate of drug-likeness (QED) is 0.0720. The van der Waals surface area contributed by atoms with Gasteiger partial charge in [0, 0.05) is 12.0 Å². The number of carbonyl (C=O) groups excluding carboxylic acids is 1. The molecule has 16 atom stereocenters. The number of carbonyl (C=O) groups is 1. The zero-order chi connectivity index (χ0) is 35.2. The maximum absolute atomic E-state index is 12.7. The Morgan fingerprint density at radius 2 is 1.59 bits per heavy atom. The van der Waals surface area contributed by atoms with Gasteiger partial charge in [-0.15, -0.1) is 0 Å². The Morgan fingerprint density at radius 3 is 2.29 bits per heavy atom. The molecule has 4 fully saturated rings. The van der Waals surface area contributed by atoms with Gasteiger partial charge in [0.1, 0.15) is 48.3 Å². The van der Waals surface area contributed by atoms with E-state index < -0.39 is 117 Å². The van der Waals surface area contributed by atoms with E-state index in [1.54, 1.807) is 31.2 Å². The molecule has 1 saturated carbocycles. The van der Waals surface area contributed by atoms with Gasteiger partial charge in [0.05, 0.1) is 51.8 Å². The number of aliphatic hydroxyl groups is 7. The Labute approximate surface area is 280 Å². The summed E-state index contributed by atoms with van der Waals surface area (Å²) in [5, 5.41) is 72.8. The van der Waals surface area contributed by atoms with Crippen molar-refractivity contribution in [1.29, 1.82) is 0 Å². The number of esters is 1. The van der Waals surface area contributed by atoms with Crippen molar-refractivity contribution >= 4 is 12.0 Å². The van der Waals surface area contributed by atoms with Gasteiger partial charge in [-0.05, 0) is 36.8 Å². The summed E-state index contributed by atoms with van der Waals surface area (Å²) in [6.07, 6.45) is -11.7. The van der Waals surface area contributed by atoms with Crippen LogP contribution in [0.25, 0.3) is 6.08 Å². The highest BCUT2D eigenvalue weighted by molar-refractivity contribution is 5.87. The molecule has 1 aromatic carbocycles. The molecule has 5 aliphatic rings. The van der Waals surface area contributed by atoms with E-state index in [-0.39, 0.29) is 0 Å². The molecule has 4 heterocycles. The minimum absolute atomic E-state index is 0.464. The standard InChI is InChI=1S/C32H42O17/c1-13-26(46-19(35)7-5-14-4-6-16(41-2)17(10-14)42-3)23(38)25(40)30(44-13)47-27-15-8-9-43-29(20(15)32(12-34)28(27)49-32)48-31-24(39)22(37)21(36)18(11-33)45-31/h4-10,13,15,18,20-31,33-34,36-40H,11-12H2,1-3H3/b7-5-/t13-,15+,18+,20+,21+,22-,23-,24+,25+,26-,27-,28-,29-,30-,31-,32+/m0/s1. The molecule has 17 heteroatoms. The van der Waals surface area contributed by atoms with Crippen LogP contribution in [0.3, 0.4) is 0 Å². The summed E-state index contributed by atoms with van der Waals surface area (Å²) in [5.41, 5.74) is -0.600. The van der Waals surface area contributed by atoms with Crippen LogP contribution in [0.2, 0.25) is 0 Å². The van der Waals surface area contributed by atoms with E-state index in [0.717, 1.165) is 6.08 Å². The number of fused-ring (bicyclic) bond motifs is 3. The summed E-state index contributed by atoms with van der Waals surface area (Å²) in [7, 11) is 2.99. The van der Waals surface area contributed by atoms with E-state index in [4.69, 9.17) is 42.6 Å². The topological polar surface area (TPSA) is 245 Å². The van der Waals surface area contributed by atoms with E-state index in [2.05, 4.69) is 0 Å². The predicted octanol–water partition coefficient (Wildman–Crippen LogP) is -2.46. The lowest BCUT2D eigenvalue weighted by molar-refractivity contribution is -0.347. The molecule has 0 bridgehead atoms. The van der Waals surface area contributed by atoms with Crippen LogP contribution in [0, 0.1) is 11.8 Å². The monoisotopic (exact) mass is 698 g/mol. The molecule has 17 nitrogen and oxygen atoms in total. The number of epoxide rings is 1. The van der Waals surface area contributed by atoms with Gasteiger partial charge >= 0.3 is 5.97 Å². The van der Waals surface area contributed by atoms with Crippen LogP contribution >= 0.6 is 0 Å². The van der Waals surface area contributed by atoms with Crippen molar-refractivity contribution < 1.29 is 83.2 Å². The van der Waals surface area contributed by atoms with Gasteiger partial charge in [-0.25, -0.2) is 4.79 Å². The number of methoxy groups -OCH3 is 2. The molecule has 0 spiro atoms. The summed E-state index contributed by atoms with van der Waals surface area (Å²) in [6.45, 7) is 0.406. The lowest BCUT2D eigenvalue weighted by Crippen LogP contribution is -2.60. The number of benzene rings is 1. The van der Waals surface area contributed by atoms with E-state index in [1.165, 1.54) is 26.6 Å². The predicted molar refractivity (Wildman–Crippen MR) is 160 cm³/mol. The number of rotatable bonds is 11. The summed E-state index contributed by atoms with van der Waals surface area (Å²) in [6, 6.07) is 5.04. The molecule has 0 radical (unpaired) electrons. The fourth-order valence-electron chi connectivity index (χ4n) is 7.04. The van der Waals surface area contributed by atoms with Crippen molar-refractivity contribution in [3.05, 3.63) is 42.2 Å². The molecule has 0 amide bonds. The Kier molecular flexibility index (Phi) is 10.5. The first-order chi connectivity index (χ1) is 23.5. The van der Waals surface area contributed by atoms with Crippen LogP contribution in [0.5, 0.6) is 11.5 Å². The molecule has 3 saturated heterocycles. The average Bonchev–Trinajstić information content (AvgIpc) is 3.78. The van der Waals surface area contributed by atoms with E-state index in [1.807, 2.05) is 0 Å². The fraction of sp³-hybridized carbons (Fsp3) is 0.656. The van der Waals surface area contributed by atoms with Gasteiger partial charge in [-0.2, -0.15) is 0 Å².